The molecule has 0 radical (unpaired) electrons. The number of rotatable bonds is 3. The topological polar surface area (TPSA) is 46.4 Å². The molecule has 3 rings (SSSR count). The van der Waals surface area contributed by atoms with Gasteiger partial charge < -0.3 is 5.32 Å². The van der Waals surface area contributed by atoms with Gasteiger partial charge in [-0.25, -0.2) is 13.3 Å². The van der Waals surface area contributed by atoms with Crippen molar-refractivity contribution < 1.29 is 13.6 Å². The minimum atomic E-state index is -0.726. The second kappa shape index (κ2) is 5.32. The maximum atomic E-state index is 13.5. The van der Waals surface area contributed by atoms with Gasteiger partial charge in [-0.2, -0.15) is 5.10 Å². The Labute approximate surface area is 119 Å². The lowest BCUT2D eigenvalue weighted by molar-refractivity contribution is -0.115. The zero-order valence-corrected chi connectivity index (χ0v) is 10.9. The summed E-state index contributed by atoms with van der Waals surface area (Å²) in [5.74, 6) is -1.76. The highest BCUT2D eigenvalue weighted by Crippen LogP contribution is 2.14. The Morgan fingerprint density at radius 3 is 2.86 bits per heavy atom. The third-order valence-electron chi connectivity index (χ3n) is 3.05. The van der Waals surface area contributed by atoms with Gasteiger partial charge in [0.05, 0.1) is 11.9 Å². The number of hydrogen-bond acceptors (Lipinski definition) is 2. The number of amides is 1. The minimum absolute atomic E-state index is 0.152. The zero-order chi connectivity index (χ0) is 14.8. The van der Waals surface area contributed by atoms with Gasteiger partial charge in [0.2, 0.25) is 5.91 Å². The van der Waals surface area contributed by atoms with E-state index < -0.39 is 11.6 Å². The van der Waals surface area contributed by atoms with Crippen LogP contribution in [0.3, 0.4) is 0 Å². The van der Waals surface area contributed by atoms with Crippen LogP contribution in [0.2, 0.25) is 0 Å². The molecule has 4 nitrogen and oxygen atoms in total. The Kier molecular flexibility index (Phi) is 3.35. The smallest absolute Gasteiger partial charge is 0.228 e. The summed E-state index contributed by atoms with van der Waals surface area (Å²) >= 11 is 0. The fourth-order valence-electron chi connectivity index (χ4n) is 2.04. The standard InChI is InChI=1S/C15H11F2N3O/c16-11-2-1-10(14(17)8-11)7-15(21)19-12-4-6-20-13(9-12)3-5-18-20/h1-6,8-9H,7H2,(H,19,21). The number of aromatic nitrogens is 2. The van der Waals surface area contributed by atoms with Gasteiger partial charge in [-0.15, -0.1) is 0 Å². The van der Waals surface area contributed by atoms with Gasteiger partial charge in [0.25, 0.3) is 0 Å². The number of nitrogens with one attached hydrogen (secondary N) is 1. The van der Waals surface area contributed by atoms with Crippen molar-refractivity contribution in [3.8, 4) is 0 Å². The fraction of sp³-hybridized carbons (Fsp3) is 0.0667. The lowest BCUT2D eigenvalue weighted by Gasteiger charge is -2.06. The molecule has 0 spiro atoms. The van der Waals surface area contributed by atoms with E-state index in [1.54, 1.807) is 35.1 Å². The molecular formula is C15H11F2N3O. The van der Waals surface area contributed by atoms with Crippen LogP contribution in [-0.4, -0.2) is 15.5 Å². The van der Waals surface area contributed by atoms with Crippen molar-refractivity contribution in [2.75, 3.05) is 5.32 Å². The average molecular weight is 287 g/mol. The van der Waals surface area contributed by atoms with Crippen molar-refractivity contribution in [3.05, 3.63) is 66.0 Å². The van der Waals surface area contributed by atoms with Crippen molar-refractivity contribution in [2.45, 2.75) is 6.42 Å². The predicted molar refractivity (Wildman–Crippen MR) is 73.9 cm³/mol. The summed E-state index contributed by atoms with van der Waals surface area (Å²) in [6.45, 7) is 0. The first-order chi connectivity index (χ1) is 10.1. The average Bonchev–Trinajstić information content (AvgIpc) is 2.89. The van der Waals surface area contributed by atoms with E-state index in [2.05, 4.69) is 10.4 Å². The van der Waals surface area contributed by atoms with Crippen LogP contribution in [0.5, 0.6) is 0 Å². The Morgan fingerprint density at radius 1 is 1.19 bits per heavy atom. The molecule has 3 aromatic rings. The number of carbonyl (C=O) groups excluding carboxylic acids is 1. The van der Waals surface area contributed by atoms with Crippen LogP contribution < -0.4 is 5.32 Å². The molecule has 0 atom stereocenters. The minimum Gasteiger partial charge on any atom is -0.326 e. The van der Waals surface area contributed by atoms with Crippen LogP contribution in [0.1, 0.15) is 5.56 Å². The molecule has 2 aromatic heterocycles. The Hall–Kier alpha value is -2.76. The van der Waals surface area contributed by atoms with E-state index in [9.17, 15) is 13.6 Å². The number of benzene rings is 1. The van der Waals surface area contributed by atoms with Crippen molar-refractivity contribution >= 4 is 17.1 Å². The Balaban J connectivity index is 1.73. The van der Waals surface area contributed by atoms with Crippen LogP contribution in [0.25, 0.3) is 5.52 Å². The van der Waals surface area contributed by atoms with Gasteiger partial charge in [-0.1, -0.05) is 6.07 Å². The number of anilines is 1. The molecule has 0 unspecified atom stereocenters. The molecule has 6 heteroatoms. The van der Waals surface area contributed by atoms with Crippen LogP contribution in [0.4, 0.5) is 14.5 Å². The first-order valence-electron chi connectivity index (χ1n) is 6.29. The SMILES string of the molecule is O=C(Cc1ccc(F)cc1F)Nc1ccn2nccc2c1. The van der Waals surface area contributed by atoms with Gasteiger partial charge in [0.15, 0.2) is 0 Å². The van der Waals surface area contributed by atoms with Gasteiger partial charge in [-0.05, 0) is 29.8 Å². The molecular weight excluding hydrogens is 276 g/mol. The number of pyridine rings is 1. The fourth-order valence-corrected chi connectivity index (χ4v) is 2.04. The van der Waals surface area contributed by atoms with E-state index in [1.165, 1.54) is 6.07 Å². The molecule has 2 heterocycles. The van der Waals surface area contributed by atoms with Crippen LogP contribution in [0, 0.1) is 11.6 Å². The maximum absolute atomic E-state index is 13.5. The number of nitrogens with zero attached hydrogens (tertiary/aromatic N) is 2. The quantitative estimate of drug-likeness (QED) is 0.805. The number of hydrogen-bond donors (Lipinski definition) is 1. The number of carbonyl (C=O) groups is 1. The molecule has 0 fully saturated rings. The maximum Gasteiger partial charge on any atom is 0.228 e. The van der Waals surface area contributed by atoms with Crippen LogP contribution in [-0.2, 0) is 11.2 Å². The summed E-state index contributed by atoms with van der Waals surface area (Å²) < 4.78 is 27.9. The first kappa shape index (κ1) is 13.2. The monoisotopic (exact) mass is 287 g/mol. The normalized spacial score (nSPS) is 10.8. The molecule has 0 aliphatic heterocycles. The number of halogens is 2. The molecule has 0 bridgehead atoms. The second-order valence-electron chi connectivity index (χ2n) is 4.58. The highest BCUT2D eigenvalue weighted by atomic mass is 19.1. The predicted octanol–water partition coefficient (Wildman–Crippen LogP) is 2.79. The molecule has 1 amide bonds. The third-order valence-corrected chi connectivity index (χ3v) is 3.05. The van der Waals surface area contributed by atoms with E-state index in [0.29, 0.717) is 5.69 Å². The second-order valence-corrected chi connectivity index (χ2v) is 4.58. The van der Waals surface area contributed by atoms with Crippen molar-refractivity contribution in [1.29, 1.82) is 0 Å². The summed E-state index contributed by atoms with van der Waals surface area (Å²) in [6.07, 6.45) is 3.20. The molecule has 0 saturated heterocycles. The molecule has 106 valence electrons. The van der Waals surface area contributed by atoms with Crippen LogP contribution >= 0.6 is 0 Å². The Morgan fingerprint density at radius 2 is 2.05 bits per heavy atom. The molecule has 0 aliphatic carbocycles. The molecule has 21 heavy (non-hydrogen) atoms. The summed E-state index contributed by atoms with van der Waals surface area (Å²) in [7, 11) is 0. The van der Waals surface area contributed by atoms with Gasteiger partial charge in [-0.3, -0.25) is 4.79 Å². The summed E-state index contributed by atoms with van der Waals surface area (Å²) in [6, 6.07) is 8.41. The van der Waals surface area contributed by atoms with E-state index in [0.717, 1.165) is 17.6 Å². The van der Waals surface area contributed by atoms with Gasteiger partial charge >= 0.3 is 0 Å². The van der Waals surface area contributed by atoms with E-state index in [-0.39, 0.29) is 17.9 Å². The summed E-state index contributed by atoms with van der Waals surface area (Å²) in [5, 5.41) is 6.72. The lowest BCUT2D eigenvalue weighted by Crippen LogP contribution is -2.15. The highest BCUT2D eigenvalue weighted by Gasteiger charge is 2.10. The van der Waals surface area contributed by atoms with E-state index in [4.69, 9.17) is 0 Å². The summed E-state index contributed by atoms with van der Waals surface area (Å²) in [5.41, 5.74) is 1.58. The molecule has 0 aliphatic rings. The largest absolute Gasteiger partial charge is 0.326 e. The first-order valence-corrected chi connectivity index (χ1v) is 6.29. The van der Waals surface area contributed by atoms with Crippen molar-refractivity contribution in [2.24, 2.45) is 0 Å². The van der Waals surface area contributed by atoms with Crippen molar-refractivity contribution in [1.82, 2.24) is 9.61 Å². The number of fused-ring (bicyclic) bond motifs is 1. The lowest BCUT2D eigenvalue weighted by atomic mass is 10.1. The van der Waals surface area contributed by atoms with E-state index in [1.807, 2.05) is 0 Å². The van der Waals surface area contributed by atoms with Gasteiger partial charge in [0, 0.05) is 24.1 Å². The molecule has 1 N–H and O–H groups in total. The third kappa shape index (κ3) is 2.89. The summed E-state index contributed by atoms with van der Waals surface area (Å²) in [4.78, 5) is 11.9. The highest BCUT2D eigenvalue weighted by molar-refractivity contribution is 5.92. The van der Waals surface area contributed by atoms with Crippen molar-refractivity contribution in [3.63, 3.8) is 0 Å². The van der Waals surface area contributed by atoms with E-state index >= 15 is 0 Å². The zero-order valence-electron chi connectivity index (χ0n) is 10.9. The molecule has 0 saturated carbocycles. The Bertz CT molecular complexity index is 814. The van der Waals surface area contributed by atoms with Gasteiger partial charge in [0.1, 0.15) is 11.6 Å². The molecule has 1 aromatic carbocycles. The van der Waals surface area contributed by atoms with Crippen LogP contribution in [0.15, 0.2) is 48.8 Å².